The summed E-state index contributed by atoms with van der Waals surface area (Å²) in [7, 11) is 0. The van der Waals surface area contributed by atoms with Crippen LogP contribution in [0.15, 0.2) is 18.2 Å². The highest BCUT2D eigenvalue weighted by Gasteiger charge is 2.26. The Balaban J connectivity index is 1.71. The van der Waals surface area contributed by atoms with Crippen LogP contribution in [0, 0.1) is 10.1 Å². The van der Waals surface area contributed by atoms with Gasteiger partial charge in [0.25, 0.3) is 11.6 Å². The molecular weight excluding hydrogens is 352 g/mol. The number of nitro benzene ring substituents is 1. The zero-order valence-electron chi connectivity index (χ0n) is 15.3. The summed E-state index contributed by atoms with van der Waals surface area (Å²) in [6.07, 6.45) is 2.00. The lowest BCUT2D eigenvalue weighted by molar-refractivity contribution is -0.384. The first-order valence-electron chi connectivity index (χ1n) is 9.18. The maximum absolute atomic E-state index is 12.5. The Morgan fingerprint density at radius 1 is 1.19 bits per heavy atom. The number of benzene rings is 1. The van der Waals surface area contributed by atoms with Crippen molar-refractivity contribution in [3.8, 4) is 0 Å². The van der Waals surface area contributed by atoms with Gasteiger partial charge in [-0.15, -0.1) is 0 Å². The standard InChI is InChI=1S/C18H24N4O5/c1-13(18(24)21-8-10-27-11-9-21)19-17(23)14-4-5-15(16(12-14)22(25)26)20-6-2-3-7-20/h4-5,12-13H,2-3,6-11H2,1H3,(H,19,23). The Hall–Kier alpha value is -2.68. The summed E-state index contributed by atoms with van der Waals surface area (Å²) >= 11 is 0. The number of nitrogens with one attached hydrogen (secondary N) is 1. The summed E-state index contributed by atoms with van der Waals surface area (Å²) in [4.78, 5) is 39.5. The zero-order valence-corrected chi connectivity index (χ0v) is 15.3. The van der Waals surface area contributed by atoms with Crippen molar-refractivity contribution < 1.29 is 19.2 Å². The van der Waals surface area contributed by atoms with Gasteiger partial charge in [0.2, 0.25) is 5.91 Å². The largest absolute Gasteiger partial charge is 0.378 e. The number of morpholine rings is 1. The molecule has 0 radical (unpaired) electrons. The summed E-state index contributed by atoms with van der Waals surface area (Å²) < 4.78 is 5.22. The number of nitro groups is 1. The van der Waals surface area contributed by atoms with Gasteiger partial charge in [-0.2, -0.15) is 0 Å². The number of carbonyl (C=O) groups excluding carboxylic acids is 2. The maximum atomic E-state index is 12.5. The van der Waals surface area contributed by atoms with Gasteiger partial charge in [-0.25, -0.2) is 0 Å². The molecule has 0 bridgehead atoms. The van der Waals surface area contributed by atoms with Crippen molar-refractivity contribution in [1.82, 2.24) is 10.2 Å². The first kappa shape index (κ1) is 19.1. The predicted octanol–water partition coefficient (Wildman–Crippen LogP) is 1.17. The van der Waals surface area contributed by atoms with Gasteiger partial charge in [-0.05, 0) is 31.9 Å². The zero-order chi connectivity index (χ0) is 19.4. The normalized spacial score (nSPS) is 18.3. The van der Waals surface area contributed by atoms with Crippen molar-refractivity contribution in [2.24, 2.45) is 0 Å². The molecular formula is C18H24N4O5. The fourth-order valence-corrected chi connectivity index (χ4v) is 3.44. The van der Waals surface area contributed by atoms with E-state index in [2.05, 4.69) is 5.32 Å². The molecule has 1 unspecified atom stereocenters. The molecule has 2 aliphatic rings. The summed E-state index contributed by atoms with van der Waals surface area (Å²) in [5.74, 6) is -0.685. The topological polar surface area (TPSA) is 105 Å². The van der Waals surface area contributed by atoms with E-state index in [1.54, 1.807) is 24.0 Å². The van der Waals surface area contributed by atoms with Crippen LogP contribution >= 0.6 is 0 Å². The van der Waals surface area contributed by atoms with E-state index in [0.717, 1.165) is 25.9 Å². The summed E-state index contributed by atoms with van der Waals surface area (Å²) in [5.41, 5.74) is 0.620. The van der Waals surface area contributed by atoms with E-state index in [1.165, 1.54) is 6.07 Å². The lowest BCUT2D eigenvalue weighted by Crippen LogP contribution is -2.50. The van der Waals surface area contributed by atoms with Crippen LogP contribution in [0.4, 0.5) is 11.4 Å². The average Bonchev–Trinajstić information content (AvgIpc) is 3.22. The van der Waals surface area contributed by atoms with E-state index in [4.69, 9.17) is 4.74 Å². The second-order valence-electron chi connectivity index (χ2n) is 6.79. The lowest BCUT2D eigenvalue weighted by Gasteiger charge is -2.29. The van der Waals surface area contributed by atoms with Gasteiger partial charge in [0.05, 0.1) is 18.1 Å². The first-order chi connectivity index (χ1) is 13.0. The van der Waals surface area contributed by atoms with Crippen molar-refractivity contribution in [3.63, 3.8) is 0 Å². The van der Waals surface area contributed by atoms with Gasteiger partial charge >= 0.3 is 0 Å². The molecule has 2 heterocycles. The van der Waals surface area contributed by atoms with E-state index < -0.39 is 16.9 Å². The second kappa shape index (κ2) is 8.34. The molecule has 2 aliphatic heterocycles. The van der Waals surface area contributed by atoms with E-state index in [-0.39, 0.29) is 17.2 Å². The highest BCUT2D eigenvalue weighted by molar-refractivity contribution is 5.98. The number of anilines is 1. The van der Waals surface area contributed by atoms with Crippen molar-refractivity contribution in [1.29, 1.82) is 0 Å². The van der Waals surface area contributed by atoms with Crippen LogP contribution in [0.1, 0.15) is 30.1 Å². The highest BCUT2D eigenvalue weighted by atomic mass is 16.6. The molecule has 0 aromatic heterocycles. The fraction of sp³-hybridized carbons (Fsp3) is 0.556. The predicted molar refractivity (Wildman–Crippen MR) is 98.9 cm³/mol. The van der Waals surface area contributed by atoms with Crippen molar-refractivity contribution >= 4 is 23.2 Å². The highest BCUT2D eigenvalue weighted by Crippen LogP contribution is 2.31. The van der Waals surface area contributed by atoms with Gasteiger partial charge < -0.3 is 19.9 Å². The molecule has 27 heavy (non-hydrogen) atoms. The van der Waals surface area contributed by atoms with Crippen LogP contribution < -0.4 is 10.2 Å². The smallest absolute Gasteiger partial charge is 0.293 e. The fourth-order valence-electron chi connectivity index (χ4n) is 3.44. The van der Waals surface area contributed by atoms with Gasteiger partial charge in [-0.3, -0.25) is 19.7 Å². The van der Waals surface area contributed by atoms with Gasteiger partial charge in [0, 0.05) is 37.8 Å². The Bertz CT molecular complexity index is 726. The average molecular weight is 376 g/mol. The third kappa shape index (κ3) is 4.36. The van der Waals surface area contributed by atoms with Crippen LogP contribution in [0.3, 0.4) is 0 Å². The summed E-state index contributed by atoms with van der Waals surface area (Å²) in [6.45, 7) is 5.12. The number of ether oxygens (including phenoxy) is 1. The van der Waals surface area contributed by atoms with Gasteiger partial charge in [0.1, 0.15) is 11.7 Å². The van der Waals surface area contributed by atoms with E-state index in [9.17, 15) is 19.7 Å². The third-order valence-electron chi connectivity index (χ3n) is 4.92. The van der Waals surface area contributed by atoms with E-state index in [1.807, 2.05) is 4.90 Å². The molecule has 0 saturated carbocycles. The number of nitrogens with zero attached hydrogens (tertiary/aromatic N) is 3. The van der Waals surface area contributed by atoms with Crippen LogP contribution in [0.25, 0.3) is 0 Å². The molecule has 1 atom stereocenters. The molecule has 1 aromatic carbocycles. The van der Waals surface area contributed by atoms with Crippen LogP contribution in [-0.4, -0.2) is 67.1 Å². The summed E-state index contributed by atoms with van der Waals surface area (Å²) in [6, 6.07) is 3.76. The van der Waals surface area contributed by atoms with Crippen LogP contribution in [0.5, 0.6) is 0 Å². The van der Waals surface area contributed by atoms with Crippen molar-refractivity contribution in [3.05, 3.63) is 33.9 Å². The molecule has 2 saturated heterocycles. The minimum Gasteiger partial charge on any atom is -0.378 e. The van der Waals surface area contributed by atoms with Gasteiger partial charge in [-0.1, -0.05) is 0 Å². The third-order valence-corrected chi connectivity index (χ3v) is 4.92. The molecule has 1 N–H and O–H groups in total. The molecule has 9 heteroatoms. The van der Waals surface area contributed by atoms with E-state index in [0.29, 0.717) is 32.0 Å². The van der Waals surface area contributed by atoms with E-state index >= 15 is 0 Å². The minimum absolute atomic E-state index is 0.0864. The number of rotatable bonds is 5. The Morgan fingerprint density at radius 3 is 2.48 bits per heavy atom. The molecule has 0 spiro atoms. The molecule has 0 aliphatic carbocycles. The number of amides is 2. The van der Waals surface area contributed by atoms with Crippen LogP contribution in [0.2, 0.25) is 0 Å². The molecule has 146 valence electrons. The summed E-state index contributed by atoms with van der Waals surface area (Å²) in [5, 5.41) is 14.1. The maximum Gasteiger partial charge on any atom is 0.293 e. The minimum atomic E-state index is -0.715. The second-order valence-corrected chi connectivity index (χ2v) is 6.79. The Morgan fingerprint density at radius 2 is 1.85 bits per heavy atom. The Kier molecular flexibility index (Phi) is 5.90. The first-order valence-corrected chi connectivity index (χ1v) is 9.18. The number of carbonyl (C=O) groups is 2. The van der Waals surface area contributed by atoms with Gasteiger partial charge in [0.15, 0.2) is 0 Å². The van der Waals surface area contributed by atoms with Crippen LogP contribution in [-0.2, 0) is 9.53 Å². The molecule has 1 aromatic rings. The lowest BCUT2D eigenvalue weighted by atomic mass is 10.1. The molecule has 2 fully saturated rings. The number of hydrogen-bond acceptors (Lipinski definition) is 6. The molecule has 2 amide bonds. The quantitative estimate of drug-likeness (QED) is 0.611. The SMILES string of the molecule is CC(NC(=O)c1ccc(N2CCCC2)c([N+](=O)[O-])c1)C(=O)N1CCOCC1. The van der Waals surface area contributed by atoms with Crippen molar-refractivity contribution in [2.45, 2.75) is 25.8 Å². The monoisotopic (exact) mass is 376 g/mol. The Labute approximate surface area is 157 Å². The molecule has 3 rings (SSSR count). The van der Waals surface area contributed by atoms with Crippen molar-refractivity contribution in [2.75, 3.05) is 44.3 Å². The molecule has 9 nitrogen and oxygen atoms in total. The number of hydrogen-bond donors (Lipinski definition) is 1.